The summed E-state index contributed by atoms with van der Waals surface area (Å²) in [6.07, 6.45) is 3.97. The highest BCUT2D eigenvalue weighted by Crippen LogP contribution is 2.26. The lowest BCUT2D eigenvalue weighted by atomic mass is 10.1. The first-order valence-corrected chi connectivity index (χ1v) is 11.9. The number of aliphatic hydroxyl groups is 1. The van der Waals surface area contributed by atoms with E-state index in [4.69, 9.17) is 9.47 Å². The van der Waals surface area contributed by atoms with Crippen LogP contribution in [0.25, 0.3) is 0 Å². The Morgan fingerprint density at radius 1 is 1.23 bits per heavy atom. The number of nitrogens with zero attached hydrogens (tertiary/aromatic N) is 2. The number of carbonyl (C=O) groups excluding carboxylic acids is 1. The second-order valence-corrected chi connectivity index (χ2v) is 9.60. The monoisotopic (exact) mass is 432 g/mol. The number of morpholine rings is 1. The predicted molar refractivity (Wildman–Crippen MR) is 122 cm³/mol. The maximum Gasteiger partial charge on any atom is 0.254 e. The van der Waals surface area contributed by atoms with Gasteiger partial charge in [0.05, 0.1) is 25.4 Å². The summed E-state index contributed by atoms with van der Waals surface area (Å²) in [5.74, 6) is 0.572. The lowest BCUT2D eigenvalue weighted by Gasteiger charge is -2.38. The molecule has 2 unspecified atom stereocenters. The molecule has 0 bridgehead atoms. The second-order valence-electron chi connectivity index (χ2n) is 9.60. The molecular formula is C25H40N2O4. The molecule has 1 amide bonds. The lowest BCUT2D eigenvalue weighted by Crippen LogP contribution is -2.52. The van der Waals surface area contributed by atoms with Gasteiger partial charge in [0.15, 0.2) is 0 Å². The van der Waals surface area contributed by atoms with E-state index >= 15 is 0 Å². The van der Waals surface area contributed by atoms with Gasteiger partial charge >= 0.3 is 0 Å². The SMILES string of the molecule is Cc1ccc(C(=O)N(CC2CN(CC(O)COCC(C)C)CCO2)C2CCCC2)cc1. The van der Waals surface area contributed by atoms with Gasteiger partial charge in [-0.15, -0.1) is 0 Å². The van der Waals surface area contributed by atoms with E-state index in [1.807, 2.05) is 36.1 Å². The maximum atomic E-state index is 13.3. The van der Waals surface area contributed by atoms with Crippen molar-refractivity contribution in [3.63, 3.8) is 0 Å². The number of aryl methyl sites for hydroxylation is 1. The van der Waals surface area contributed by atoms with E-state index < -0.39 is 6.10 Å². The molecule has 1 aliphatic heterocycles. The largest absolute Gasteiger partial charge is 0.389 e. The summed E-state index contributed by atoms with van der Waals surface area (Å²) in [5.41, 5.74) is 1.91. The normalized spacial score (nSPS) is 21.5. The minimum Gasteiger partial charge on any atom is -0.389 e. The van der Waals surface area contributed by atoms with Crippen molar-refractivity contribution >= 4 is 5.91 Å². The van der Waals surface area contributed by atoms with Crippen LogP contribution in [0.4, 0.5) is 0 Å². The van der Waals surface area contributed by atoms with Crippen molar-refractivity contribution in [2.24, 2.45) is 5.92 Å². The van der Waals surface area contributed by atoms with Crippen molar-refractivity contribution in [2.75, 3.05) is 46.0 Å². The van der Waals surface area contributed by atoms with Crippen molar-refractivity contribution in [1.29, 1.82) is 0 Å². The predicted octanol–water partition coefficient (Wildman–Crippen LogP) is 3.11. The molecule has 1 N–H and O–H groups in total. The Labute approximate surface area is 187 Å². The molecule has 31 heavy (non-hydrogen) atoms. The minimum atomic E-state index is -0.502. The molecule has 2 atom stereocenters. The van der Waals surface area contributed by atoms with E-state index in [9.17, 15) is 9.90 Å². The van der Waals surface area contributed by atoms with E-state index in [0.29, 0.717) is 44.9 Å². The third-order valence-corrected chi connectivity index (χ3v) is 6.18. The van der Waals surface area contributed by atoms with Crippen molar-refractivity contribution < 1.29 is 19.4 Å². The van der Waals surface area contributed by atoms with Crippen LogP contribution in [0.5, 0.6) is 0 Å². The summed E-state index contributed by atoms with van der Waals surface area (Å²) in [6.45, 7) is 10.6. The first-order valence-electron chi connectivity index (χ1n) is 11.9. The molecule has 0 spiro atoms. The van der Waals surface area contributed by atoms with Crippen molar-refractivity contribution in [3.8, 4) is 0 Å². The highest BCUT2D eigenvalue weighted by Gasteiger charge is 2.32. The molecule has 0 aromatic heterocycles. The second kappa shape index (κ2) is 12.0. The van der Waals surface area contributed by atoms with Crippen LogP contribution in [0.2, 0.25) is 0 Å². The number of aliphatic hydroxyl groups excluding tert-OH is 1. The van der Waals surface area contributed by atoms with Crippen molar-refractivity contribution in [1.82, 2.24) is 9.80 Å². The van der Waals surface area contributed by atoms with E-state index in [2.05, 4.69) is 18.7 Å². The number of ether oxygens (including phenoxy) is 2. The summed E-state index contributed by atoms with van der Waals surface area (Å²) in [4.78, 5) is 17.6. The van der Waals surface area contributed by atoms with Crippen LogP contribution in [0.15, 0.2) is 24.3 Å². The fraction of sp³-hybridized carbons (Fsp3) is 0.720. The molecule has 0 radical (unpaired) electrons. The van der Waals surface area contributed by atoms with Gasteiger partial charge in [0.1, 0.15) is 0 Å². The number of rotatable bonds is 10. The molecule has 1 heterocycles. The summed E-state index contributed by atoms with van der Waals surface area (Å²) in [7, 11) is 0. The molecule has 174 valence electrons. The minimum absolute atomic E-state index is 0.0347. The first-order chi connectivity index (χ1) is 14.9. The number of hydrogen-bond donors (Lipinski definition) is 1. The Kier molecular flexibility index (Phi) is 9.32. The molecule has 1 saturated carbocycles. The molecule has 1 aliphatic carbocycles. The number of β-amino-alcohol motifs (C(OH)–C–C–N with tert-alkyl or cyclic N) is 1. The van der Waals surface area contributed by atoms with Gasteiger partial charge in [-0.2, -0.15) is 0 Å². The standard InChI is InChI=1S/C25H40N2O4/c1-19(2)17-30-18-23(28)14-26-12-13-31-24(15-26)16-27(22-6-4-5-7-22)25(29)21-10-8-20(3)9-11-21/h8-11,19,22-24,28H,4-7,12-18H2,1-3H3. The van der Waals surface area contributed by atoms with Gasteiger partial charge in [-0.25, -0.2) is 0 Å². The van der Waals surface area contributed by atoms with Crippen LogP contribution in [0, 0.1) is 12.8 Å². The Balaban J connectivity index is 1.57. The van der Waals surface area contributed by atoms with Gasteiger partial charge in [-0.3, -0.25) is 9.69 Å². The third-order valence-electron chi connectivity index (χ3n) is 6.18. The smallest absolute Gasteiger partial charge is 0.254 e. The van der Waals surface area contributed by atoms with Crippen LogP contribution in [0.1, 0.15) is 55.5 Å². The van der Waals surface area contributed by atoms with E-state index in [1.54, 1.807) is 0 Å². The van der Waals surface area contributed by atoms with E-state index in [-0.39, 0.29) is 12.0 Å². The zero-order valence-electron chi connectivity index (χ0n) is 19.5. The van der Waals surface area contributed by atoms with Gasteiger partial charge in [0, 0.05) is 44.4 Å². The number of carbonyl (C=O) groups is 1. The maximum absolute atomic E-state index is 13.3. The third kappa shape index (κ3) is 7.56. The van der Waals surface area contributed by atoms with Crippen molar-refractivity contribution in [3.05, 3.63) is 35.4 Å². The fourth-order valence-electron chi connectivity index (χ4n) is 4.54. The summed E-state index contributed by atoms with van der Waals surface area (Å²) >= 11 is 0. The highest BCUT2D eigenvalue weighted by molar-refractivity contribution is 5.94. The van der Waals surface area contributed by atoms with Gasteiger partial charge < -0.3 is 19.5 Å². The van der Waals surface area contributed by atoms with Crippen LogP contribution in [0.3, 0.4) is 0 Å². The fourth-order valence-corrected chi connectivity index (χ4v) is 4.54. The molecule has 1 aromatic rings. The zero-order chi connectivity index (χ0) is 22.2. The van der Waals surface area contributed by atoms with Gasteiger partial charge in [0.25, 0.3) is 5.91 Å². The van der Waals surface area contributed by atoms with Crippen LogP contribution in [-0.2, 0) is 9.47 Å². The molecule has 1 saturated heterocycles. The first kappa shape index (κ1) is 24.2. The molecule has 3 rings (SSSR count). The van der Waals surface area contributed by atoms with Crippen LogP contribution < -0.4 is 0 Å². The van der Waals surface area contributed by atoms with E-state index in [1.165, 1.54) is 12.8 Å². The molecular weight excluding hydrogens is 392 g/mol. The molecule has 2 aliphatic rings. The average Bonchev–Trinajstić information content (AvgIpc) is 3.26. The number of amides is 1. The Morgan fingerprint density at radius 2 is 1.94 bits per heavy atom. The lowest BCUT2D eigenvalue weighted by molar-refractivity contribution is -0.0622. The molecule has 6 heteroatoms. The van der Waals surface area contributed by atoms with Gasteiger partial charge in [-0.1, -0.05) is 44.4 Å². The zero-order valence-corrected chi connectivity index (χ0v) is 19.5. The Bertz CT molecular complexity index is 673. The van der Waals surface area contributed by atoms with E-state index in [0.717, 1.165) is 37.1 Å². The number of hydrogen-bond acceptors (Lipinski definition) is 5. The average molecular weight is 433 g/mol. The molecule has 2 fully saturated rings. The van der Waals surface area contributed by atoms with Gasteiger partial charge in [0.2, 0.25) is 0 Å². The summed E-state index contributed by atoms with van der Waals surface area (Å²) in [5, 5.41) is 10.3. The topological polar surface area (TPSA) is 62.2 Å². The Hall–Kier alpha value is -1.47. The van der Waals surface area contributed by atoms with Crippen molar-refractivity contribution in [2.45, 2.75) is 64.7 Å². The molecule has 1 aromatic carbocycles. The Morgan fingerprint density at radius 3 is 2.61 bits per heavy atom. The van der Waals surface area contributed by atoms with Crippen LogP contribution >= 0.6 is 0 Å². The summed E-state index contributed by atoms with van der Waals surface area (Å²) in [6, 6.07) is 8.16. The number of benzene rings is 1. The van der Waals surface area contributed by atoms with Crippen LogP contribution in [-0.4, -0.2) is 85.1 Å². The quantitative estimate of drug-likeness (QED) is 0.616. The van der Waals surface area contributed by atoms with Gasteiger partial charge in [-0.05, 0) is 37.8 Å². The molecule has 6 nitrogen and oxygen atoms in total. The summed E-state index contributed by atoms with van der Waals surface area (Å²) < 4.78 is 11.6. The highest BCUT2D eigenvalue weighted by atomic mass is 16.5.